The third kappa shape index (κ3) is 5.83. The van der Waals surface area contributed by atoms with Crippen molar-refractivity contribution in [2.24, 2.45) is 5.10 Å². The molecule has 0 aliphatic rings. The molecule has 1 amide bonds. The van der Waals surface area contributed by atoms with Gasteiger partial charge in [-0.15, -0.1) is 0 Å². The zero-order valence-corrected chi connectivity index (χ0v) is 17.6. The number of nitrogens with zero attached hydrogens (tertiary/aromatic N) is 1. The van der Waals surface area contributed by atoms with Crippen molar-refractivity contribution in [1.29, 1.82) is 0 Å². The molecule has 8 heteroatoms. The van der Waals surface area contributed by atoms with Gasteiger partial charge in [-0.25, -0.2) is 10.2 Å². The zero-order chi connectivity index (χ0) is 22.2. The normalized spacial score (nSPS) is 10.5. The van der Waals surface area contributed by atoms with Gasteiger partial charge in [0.1, 0.15) is 5.75 Å². The number of rotatable bonds is 7. The fourth-order valence-corrected chi connectivity index (χ4v) is 2.80. The highest BCUT2D eigenvalue weighted by molar-refractivity contribution is 6.30. The number of hydrogen-bond donors (Lipinski definition) is 1. The molecule has 0 heterocycles. The summed E-state index contributed by atoms with van der Waals surface area (Å²) in [5.41, 5.74) is 3.88. The lowest BCUT2D eigenvalue weighted by atomic mass is 10.2. The van der Waals surface area contributed by atoms with Crippen molar-refractivity contribution in [3.05, 3.63) is 88.4 Å². The second-order valence-corrected chi connectivity index (χ2v) is 6.67. The van der Waals surface area contributed by atoms with Crippen molar-refractivity contribution in [3.8, 4) is 17.2 Å². The van der Waals surface area contributed by atoms with Gasteiger partial charge in [-0.05, 0) is 66.2 Å². The fraction of sp³-hybridized carbons (Fsp3) is 0.0870. The van der Waals surface area contributed by atoms with Gasteiger partial charge < -0.3 is 14.2 Å². The third-order valence-electron chi connectivity index (χ3n) is 4.18. The molecule has 0 saturated carbocycles. The van der Waals surface area contributed by atoms with E-state index in [2.05, 4.69) is 10.5 Å². The van der Waals surface area contributed by atoms with Crippen LogP contribution >= 0.6 is 11.6 Å². The number of methoxy groups -OCH3 is 2. The Balaban J connectivity index is 1.58. The first-order chi connectivity index (χ1) is 15.0. The van der Waals surface area contributed by atoms with E-state index in [9.17, 15) is 9.59 Å². The summed E-state index contributed by atoms with van der Waals surface area (Å²) in [5.74, 6) is 0.438. The lowest BCUT2D eigenvalue weighted by Crippen LogP contribution is -2.17. The van der Waals surface area contributed by atoms with Crippen LogP contribution in [0.15, 0.2) is 71.8 Å². The molecular weight excluding hydrogens is 420 g/mol. The third-order valence-corrected chi connectivity index (χ3v) is 4.41. The van der Waals surface area contributed by atoms with Gasteiger partial charge in [-0.2, -0.15) is 5.10 Å². The molecule has 7 nitrogen and oxygen atoms in total. The first-order valence-electron chi connectivity index (χ1n) is 9.13. The predicted octanol–water partition coefficient (Wildman–Crippen LogP) is 4.34. The Morgan fingerprint density at radius 2 is 1.65 bits per heavy atom. The first-order valence-corrected chi connectivity index (χ1v) is 9.51. The molecule has 0 saturated heterocycles. The van der Waals surface area contributed by atoms with Crippen LogP contribution in [0.1, 0.15) is 26.3 Å². The number of ether oxygens (including phenoxy) is 3. The lowest BCUT2D eigenvalue weighted by molar-refractivity contribution is 0.0734. The highest BCUT2D eigenvalue weighted by atomic mass is 35.5. The van der Waals surface area contributed by atoms with E-state index in [1.54, 1.807) is 60.7 Å². The number of hydrogen-bond acceptors (Lipinski definition) is 6. The van der Waals surface area contributed by atoms with E-state index in [-0.39, 0.29) is 0 Å². The van der Waals surface area contributed by atoms with Crippen LogP contribution in [0.3, 0.4) is 0 Å². The van der Waals surface area contributed by atoms with Crippen LogP contribution in [-0.2, 0) is 0 Å². The Morgan fingerprint density at radius 3 is 2.32 bits per heavy atom. The highest BCUT2D eigenvalue weighted by Crippen LogP contribution is 2.27. The number of esters is 1. The summed E-state index contributed by atoms with van der Waals surface area (Å²) in [6.07, 6.45) is 1.47. The number of halogens is 1. The monoisotopic (exact) mass is 438 g/mol. The quantitative estimate of drug-likeness (QED) is 0.256. The lowest BCUT2D eigenvalue weighted by Gasteiger charge is -2.08. The van der Waals surface area contributed by atoms with Crippen molar-refractivity contribution in [2.75, 3.05) is 14.2 Å². The number of carbonyl (C=O) groups is 2. The van der Waals surface area contributed by atoms with Gasteiger partial charge in [0.15, 0.2) is 11.5 Å². The first kappa shape index (κ1) is 21.9. The molecule has 3 aromatic rings. The van der Waals surface area contributed by atoms with Crippen molar-refractivity contribution >= 4 is 29.7 Å². The Labute approximate surface area is 184 Å². The standard InChI is InChI=1S/C23H19ClN2O5/c1-29-20-11-8-16(13-21(20)30-2)22(27)26-25-14-15-6-9-19(10-7-15)31-23(28)17-4-3-5-18(24)12-17/h3-14H,1-2H3,(H,26,27). The molecule has 3 aromatic carbocycles. The average molecular weight is 439 g/mol. The van der Waals surface area contributed by atoms with Crippen LogP contribution < -0.4 is 19.6 Å². The smallest absolute Gasteiger partial charge is 0.343 e. The van der Waals surface area contributed by atoms with Crippen molar-refractivity contribution in [1.82, 2.24) is 5.43 Å². The number of carbonyl (C=O) groups excluding carboxylic acids is 2. The molecular formula is C23H19ClN2O5. The summed E-state index contributed by atoms with van der Waals surface area (Å²) < 4.78 is 15.7. The van der Waals surface area contributed by atoms with Crippen LogP contribution in [0, 0.1) is 0 Å². The summed E-state index contributed by atoms with van der Waals surface area (Å²) >= 11 is 5.89. The van der Waals surface area contributed by atoms with E-state index in [0.717, 1.165) is 0 Å². The second kappa shape index (κ2) is 10.3. The summed E-state index contributed by atoms with van der Waals surface area (Å²) in [4.78, 5) is 24.4. The van der Waals surface area contributed by atoms with E-state index in [1.165, 1.54) is 26.5 Å². The molecule has 31 heavy (non-hydrogen) atoms. The number of hydrazone groups is 1. The second-order valence-electron chi connectivity index (χ2n) is 6.24. The van der Waals surface area contributed by atoms with E-state index in [1.807, 2.05) is 0 Å². The van der Waals surface area contributed by atoms with E-state index >= 15 is 0 Å². The Hall–Kier alpha value is -3.84. The van der Waals surface area contributed by atoms with Crippen LogP contribution in [0.4, 0.5) is 0 Å². The summed E-state index contributed by atoms with van der Waals surface area (Å²) in [6.45, 7) is 0. The van der Waals surface area contributed by atoms with E-state index < -0.39 is 11.9 Å². The molecule has 0 spiro atoms. The van der Waals surface area contributed by atoms with Crippen molar-refractivity contribution in [3.63, 3.8) is 0 Å². The maximum absolute atomic E-state index is 12.2. The van der Waals surface area contributed by atoms with Gasteiger partial charge in [0.05, 0.1) is 26.0 Å². The molecule has 0 aliphatic heterocycles. The van der Waals surface area contributed by atoms with Gasteiger partial charge >= 0.3 is 5.97 Å². The Bertz CT molecular complexity index is 1110. The highest BCUT2D eigenvalue weighted by Gasteiger charge is 2.10. The zero-order valence-electron chi connectivity index (χ0n) is 16.8. The number of amides is 1. The van der Waals surface area contributed by atoms with Gasteiger partial charge in [0.25, 0.3) is 5.91 Å². The summed E-state index contributed by atoms with van der Waals surface area (Å²) in [6, 6.07) is 18.0. The molecule has 0 fully saturated rings. The molecule has 0 aromatic heterocycles. The molecule has 1 N–H and O–H groups in total. The minimum Gasteiger partial charge on any atom is -0.493 e. The summed E-state index contributed by atoms with van der Waals surface area (Å²) in [7, 11) is 3.01. The van der Waals surface area contributed by atoms with Gasteiger partial charge in [0, 0.05) is 10.6 Å². The molecule has 3 rings (SSSR count). The molecule has 0 aliphatic carbocycles. The maximum Gasteiger partial charge on any atom is 0.343 e. The molecule has 0 bridgehead atoms. The van der Waals surface area contributed by atoms with Crippen LogP contribution in [-0.4, -0.2) is 32.3 Å². The number of benzene rings is 3. The van der Waals surface area contributed by atoms with Crippen LogP contribution in [0.5, 0.6) is 17.2 Å². The Kier molecular flexibility index (Phi) is 7.24. The number of nitrogens with one attached hydrogen (secondary N) is 1. The van der Waals surface area contributed by atoms with E-state index in [4.69, 9.17) is 25.8 Å². The molecule has 0 radical (unpaired) electrons. The van der Waals surface area contributed by atoms with Gasteiger partial charge in [0.2, 0.25) is 0 Å². The maximum atomic E-state index is 12.2. The molecule has 0 unspecified atom stereocenters. The van der Waals surface area contributed by atoms with Gasteiger partial charge in [-0.3, -0.25) is 4.79 Å². The summed E-state index contributed by atoms with van der Waals surface area (Å²) in [5, 5.41) is 4.40. The minimum absolute atomic E-state index is 0.357. The average Bonchev–Trinajstić information content (AvgIpc) is 2.79. The van der Waals surface area contributed by atoms with Crippen LogP contribution in [0.2, 0.25) is 5.02 Å². The largest absolute Gasteiger partial charge is 0.493 e. The molecule has 158 valence electrons. The topological polar surface area (TPSA) is 86.2 Å². The SMILES string of the molecule is COc1ccc(C(=O)NN=Cc2ccc(OC(=O)c3cccc(Cl)c3)cc2)cc1OC. The van der Waals surface area contributed by atoms with Crippen LogP contribution in [0.25, 0.3) is 0 Å². The minimum atomic E-state index is -0.508. The van der Waals surface area contributed by atoms with E-state index in [0.29, 0.717) is 39.0 Å². The van der Waals surface area contributed by atoms with Crippen molar-refractivity contribution in [2.45, 2.75) is 0 Å². The van der Waals surface area contributed by atoms with Crippen molar-refractivity contribution < 1.29 is 23.8 Å². The van der Waals surface area contributed by atoms with Gasteiger partial charge in [-0.1, -0.05) is 17.7 Å². The molecule has 0 atom stereocenters. The predicted molar refractivity (Wildman–Crippen MR) is 117 cm³/mol. The fourth-order valence-electron chi connectivity index (χ4n) is 2.61. The Morgan fingerprint density at radius 1 is 0.903 bits per heavy atom.